The molecule has 0 aliphatic heterocycles. The molecule has 0 fully saturated rings. The summed E-state index contributed by atoms with van der Waals surface area (Å²) in [6.07, 6.45) is 0. The van der Waals surface area contributed by atoms with Crippen LogP contribution in [0.2, 0.25) is 5.02 Å². The third-order valence-corrected chi connectivity index (χ3v) is 4.49. The number of rotatable bonds is 5. The smallest absolute Gasteiger partial charge is 0.134 e. The average molecular weight is 362 g/mol. The summed E-state index contributed by atoms with van der Waals surface area (Å²) in [4.78, 5) is 0. The number of furan rings is 1. The molecule has 24 heavy (non-hydrogen) atoms. The zero-order valence-electron chi connectivity index (χ0n) is 13.8. The van der Waals surface area contributed by atoms with Crippen molar-refractivity contribution in [2.24, 2.45) is 0 Å². The predicted octanol–water partition coefficient (Wildman–Crippen LogP) is 6.18. The van der Waals surface area contributed by atoms with Gasteiger partial charge in [0.15, 0.2) is 0 Å². The number of benzene rings is 2. The second kappa shape index (κ2) is 8.39. The van der Waals surface area contributed by atoms with Gasteiger partial charge in [-0.15, -0.1) is 12.4 Å². The minimum atomic E-state index is 0. The van der Waals surface area contributed by atoms with Crippen molar-refractivity contribution in [3.63, 3.8) is 0 Å². The summed E-state index contributed by atoms with van der Waals surface area (Å²) in [5.74, 6) is 1.77. The Kier molecular flexibility index (Phi) is 6.50. The highest BCUT2D eigenvalue weighted by Crippen LogP contribution is 2.29. The molecule has 4 heteroatoms. The Morgan fingerprint density at radius 1 is 1.00 bits per heavy atom. The first kappa shape index (κ1) is 18.6. The second-order valence-electron chi connectivity index (χ2n) is 5.69. The molecule has 0 bridgehead atoms. The molecule has 1 atom stereocenters. The highest BCUT2D eigenvalue weighted by molar-refractivity contribution is 6.31. The van der Waals surface area contributed by atoms with Crippen LogP contribution in [0.15, 0.2) is 65.1 Å². The third kappa shape index (κ3) is 4.21. The third-order valence-electron chi connectivity index (χ3n) is 4.08. The van der Waals surface area contributed by atoms with E-state index in [2.05, 4.69) is 36.5 Å². The van der Waals surface area contributed by atoms with Crippen molar-refractivity contribution in [1.29, 1.82) is 0 Å². The van der Waals surface area contributed by atoms with Crippen LogP contribution in [0.25, 0.3) is 11.3 Å². The molecule has 126 valence electrons. The molecule has 0 saturated heterocycles. The molecular weight excluding hydrogens is 341 g/mol. The van der Waals surface area contributed by atoms with E-state index in [-0.39, 0.29) is 18.4 Å². The van der Waals surface area contributed by atoms with Crippen molar-refractivity contribution in [1.82, 2.24) is 5.32 Å². The van der Waals surface area contributed by atoms with Gasteiger partial charge in [0, 0.05) is 16.6 Å². The van der Waals surface area contributed by atoms with E-state index in [4.69, 9.17) is 16.0 Å². The summed E-state index contributed by atoms with van der Waals surface area (Å²) in [5.41, 5.74) is 3.35. The monoisotopic (exact) mass is 361 g/mol. The second-order valence-corrected chi connectivity index (χ2v) is 6.10. The molecule has 2 nitrogen and oxygen atoms in total. The Morgan fingerprint density at radius 2 is 1.75 bits per heavy atom. The fraction of sp³-hybridized carbons (Fsp3) is 0.200. The van der Waals surface area contributed by atoms with Gasteiger partial charge in [-0.2, -0.15) is 0 Å². The molecule has 0 radical (unpaired) electrons. The van der Waals surface area contributed by atoms with Gasteiger partial charge in [0.25, 0.3) is 0 Å². The molecule has 0 amide bonds. The van der Waals surface area contributed by atoms with Crippen molar-refractivity contribution in [2.75, 3.05) is 0 Å². The molecule has 1 aromatic heterocycles. The largest absolute Gasteiger partial charge is 0.460 e. The van der Waals surface area contributed by atoms with Gasteiger partial charge in [-0.05, 0) is 43.2 Å². The highest BCUT2D eigenvalue weighted by atomic mass is 35.5. The number of nitrogens with one attached hydrogen (secondary N) is 1. The van der Waals surface area contributed by atoms with E-state index in [1.807, 2.05) is 43.3 Å². The first-order valence-electron chi connectivity index (χ1n) is 7.77. The summed E-state index contributed by atoms with van der Waals surface area (Å²) < 4.78 is 5.97. The maximum atomic E-state index is 6.19. The van der Waals surface area contributed by atoms with Crippen LogP contribution in [-0.4, -0.2) is 0 Å². The molecule has 0 aliphatic rings. The highest BCUT2D eigenvalue weighted by Gasteiger charge is 2.10. The maximum absolute atomic E-state index is 6.19. The zero-order valence-corrected chi connectivity index (χ0v) is 15.3. The summed E-state index contributed by atoms with van der Waals surface area (Å²) >= 11 is 6.19. The first-order valence-corrected chi connectivity index (χ1v) is 8.15. The lowest BCUT2D eigenvalue weighted by atomic mass is 10.1. The van der Waals surface area contributed by atoms with Gasteiger partial charge in [-0.3, -0.25) is 0 Å². The number of hydrogen-bond acceptors (Lipinski definition) is 2. The van der Waals surface area contributed by atoms with Gasteiger partial charge in [0.2, 0.25) is 0 Å². The van der Waals surface area contributed by atoms with Gasteiger partial charge in [0.1, 0.15) is 11.5 Å². The first-order chi connectivity index (χ1) is 11.1. The summed E-state index contributed by atoms with van der Waals surface area (Å²) in [6, 6.07) is 20.6. The Morgan fingerprint density at radius 3 is 2.50 bits per heavy atom. The van der Waals surface area contributed by atoms with Crippen molar-refractivity contribution >= 4 is 24.0 Å². The van der Waals surface area contributed by atoms with Crippen LogP contribution in [0.3, 0.4) is 0 Å². The molecule has 0 spiro atoms. The Balaban J connectivity index is 0.00000208. The van der Waals surface area contributed by atoms with Crippen LogP contribution >= 0.6 is 24.0 Å². The molecule has 1 heterocycles. The molecule has 0 saturated carbocycles. The average Bonchev–Trinajstić information content (AvgIpc) is 3.04. The van der Waals surface area contributed by atoms with Gasteiger partial charge in [0.05, 0.1) is 6.54 Å². The maximum Gasteiger partial charge on any atom is 0.134 e. The van der Waals surface area contributed by atoms with E-state index in [0.29, 0.717) is 6.54 Å². The van der Waals surface area contributed by atoms with Gasteiger partial charge in [-0.25, -0.2) is 0 Å². The topological polar surface area (TPSA) is 25.2 Å². The minimum absolute atomic E-state index is 0. The van der Waals surface area contributed by atoms with Crippen LogP contribution in [0.5, 0.6) is 0 Å². The Labute approximate surface area is 154 Å². The standard InChI is InChI=1S/C20H20ClNO.ClH/c1-14-18(9-6-10-19(14)21)20-12-11-17(23-20)13-22-15(2)16-7-4-3-5-8-16;/h3-12,15,22H,13H2,1-2H3;1H. The quantitative estimate of drug-likeness (QED) is 0.586. The summed E-state index contributed by atoms with van der Waals surface area (Å²) in [6.45, 7) is 4.85. The van der Waals surface area contributed by atoms with E-state index < -0.39 is 0 Å². The van der Waals surface area contributed by atoms with Crippen molar-refractivity contribution in [3.8, 4) is 11.3 Å². The normalized spacial score (nSPS) is 11.8. The minimum Gasteiger partial charge on any atom is -0.460 e. The van der Waals surface area contributed by atoms with Crippen molar-refractivity contribution in [3.05, 3.63) is 82.6 Å². The lowest BCUT2D eigenvalue weighted by Crippen LogP contribution is -2.17. The van der Waals surface area contributed by atoms with Crippen LogP contribution in [-0.2, 0) is 6.54 Å². The van der Waals surface area contributed by atoms with Gasteiger partial charge >= 0.3 is 0 Å². The Hall–Kier alpha value is -1.74. The van der Waals surface area contributed by atoms with Crippen LogP contribution in [0.4, 0.5) is 0 Å². The van der Waals surface area contributed by atoms with E-state index in [1.165, 1.54) is 5.56 Å². The van der Waals surface area contributed by atoms with E-state index >= 15 is 0 Å². The van der Waals surface area contributed by atoms with Crippen LogP contribution < -0.4 is 5.32 Å². The van der Waals surface area contributed by atoms with Crippen LogP contribution in [0, 0.1) is 6.92 Å². The van der Waals surface area contributed by atoms with E-state index in [9.17, 15) is 0 Å². The van der Waals surface area contributed by atoms with E-state index in [0.717, 1.165) is 27.7 Å². The number of halogens is 2. The van der Waals surface area contributed by atoms with E-state index in [1.54, 1.807) is 0 Å². The molecule has 0 aliphatic carbocycles. The van der Waals surface area contributed by atoms with Crippen molar-refractivity contribution < 1.29 is 4.42 Å². The van der Waals surface area contributed by atoms with Crippen LogP contribution in [0.1, 0.15) is 29.9 Å². The van der Waals surface area contributed by atoms with Gasteiger partial charge < -0.3 is 9.73 Å². The van der Waals surface area contributed by atoms with Crippen molar-refractivity contribution in [2.45, 2.75) is 26.4 Å². The molecule has 1 unspecified atom stereocenters. The zero-order chi connectivity index (χ0) is 16.2. The predicted molar refractivity (Wildman–Crippen MR) is 103 cm³/mol. The number of hydrogen-bond donors (Lipinski definition) is 1. The SMILES string of the molecule is Cc1c(Cl)cccc1-c1ccc(CNC(C)c2ccccc2)o1.Cl. The lowest BCUT2D eigenvalue weighted by molar-refractivity contribution is 0.468. The molecule has 3 aromatic rings. The van der Waals surface area contributed by atoms with Gasteiger partial charge in [-0.1, -0.05) is 54.1 Å². The molecule has 3 rings (SSSR count). The Bertz CT molecular complexity index is 783. The fourth-order valence-corrected chi connectivity index (χ4v) is 2.78. The molecular formula is C20H21Cl2NO. The summed E-state index contributed by atoms with van der Waals surface area (Å²) in [7, 11) is 0. The molecule has 2 aromatic carbocycles. The molecule has 1 N–H and O–H groups in total. The lowest BCUT2D eigenvalue weighted by Gasteiger charge is -2.13. The fourth-order valence-electron chi connectivity index (χ4n) is 2.61. The summed E-state index contributed by atoms with van der Waals surface area (Å²) in [5, 5.41) is 4.25.